The van der Waals surface area contributed by atoms with Crippen molar-refractivity contribution >= 4 is 17.2 Å². The lowest BCUT2D eigenvalue weighted by molar-refractivity contribution is 0.0708. The van der Waals surface area contributed by atoms with E-state index in [-0.39, 0.29) is 12.5 Å². The number of hydrogen-bond acceptors (Lipinski definition) is 4. The largest absolute Gasteiger partial charge is 0.395 e. The molecule has 3 rings (SSSR count). The van der Waals surface area contributed by atoms with Gasteiger partial charge in [-0.3, -0.25) is 9.89 Å². The summed E-state index contributed by atoms with van der Waals surface area (Å²) in [5.41, 5.74) is 1.65. The first-order valence-corrected chi connectivity index (χ1v) is 9.49. The maximum absolute atomic E-state index is 13.0. The van der Waals surface area contributed by atoms with Crippen molar-refractivity contribution < 1.29 is 9.90 Å². The number of hydrogen-bond donors (Lipinski definition) is 2. The van der Waals surface area contributed by atoms with Crippen LogP contribution in [0.2, 0.25) is 0 Å². The van der Waals surface area contributed by atoms with Crippen LogP contribution in [0.15, 0.2) is 18.3 Å². The standard InChI is InChI=1S/C18H25N3O2S/c1-13-7-8-15(24-13)12-21(9-10-22)18(23)16-11-19-20-17(16)14-5-3-2-4-6-14/h7-8,11,14,22H,2-6,9-10,12H2,1H3,(H,19,20). The van der Waals surface area contributed by atoms with Gasteiger partial charge >= 0.3 is 0 Å². The van der Waals surface area contributed by atoms with E-state index >= 15 is 0 Å². The number of carbonyl (C=O) groups is 1. The Balaban J connectivity index is 1.78. The second kappa shape index (κ2) is 7.94. The first-order chi connectivity index (χ1) is 11.7. The van der Waals surface area contributed by atoms with Gasteiger partial charge in [0.05, 0.1) is 30.6 Å². The van der Waals surface area contributed by atoms with Gasteiger partial charge in [0.25, 0.3) is 5.91 Å². The van der Waals surface area contributed by atoms with E-state index in [4.69, 9.17) is 0 Å². The molecule has 0 aliphatic heterocycles. The quantitative estimate of drug-likeness (QED) is 0.841. The van der Waals surface area contributed by atoms with E-state index in [9.17, 15) is 9.90 Å². The molecule has 0 saturated heterocycles. The number of aryl methyl sites for hydroxylation is 1. The second-order valence-electron chi connectivity index (χ2n) is 6.49. The fraction of sp³-hybridized carbons (Fsp3) is 0.556. The number of nitrogens with one attached hydrogen (secondary N) is 1. The predicted molar refractivity (Wildman–Crippen MR) is 95.3 cm³/mol. The highest BCUT2D eigenvalue weighted by Crippen LogP contribution is 2.33. The van der Waals surface area contributed by atoms with Crippen LogP contribution in [0.4, 0.5) is 0 Å². The molecule has 6 heteroatoms. The van der Waals surface area contributed by atoms with Crippen molar-refractivity contribution in [2.24, 2.45) is 0 Å². The number of aromatic amines is 1. The molecule has 2 aromatic rings. The van der Waals surface area contributed by atoms with Gasteiger partial charge in [0.2, 0.25) is 0 Å². The van der Waals surface area contributed by atoms with Crippen molar-refractivity contribution in [2.45, 2.75) is 51.5 Å². The molecule has 2 heterocycles. The third-order valence-corrected chi connectivity index (χ3v) is 5.70. The minimum Gasteiger partial charge on any atom is -0.395 e. The Bertz CT molecular complexity index is 673. The predicted octanol–water partition coefficient (Wildman–Crippen LogP) is 3.46. The summed E-state index contributed by atoms with van der Waals surface area (Å²) < 4.78 is 0. The number of aromatic nitrogens is 2. The van der Waals surface area contributed by atoms with Gasteiger partial charge in [0.15, 0.2) is 0 Å². The molecule has 0 spiro atoms. The lowest BCUT2D eigenvalue weighted by Crippen LogP contribution is -2.33. The van der Waals surface area contributed by atoms with Crippen LogP contribution in [0, 0.1) is 6.92 Å². The van der Waals surface area contributed by atoms with Crippen molar-refractivity contribution in [2.75, 3.05) is 13.2 Å². The third kappa shape index (κ3) is 3.87. The van der Waals surface area contributed by atoms with Crippen LogP contribution >= 0.6 is 11.3 Å². The van der Waals surface area contributed by atoms with Gasteiger partial charge in [-0.2, -0.15) is 5.10 Å². The Morgan fingerprint density at radius 1 is 1.38 bits per heavy atom. The summed E-state index contributed by atoms with van der Waals surface area (Å²) in [5.74, 6) is 0.365. The number of carbonyl (C=O) groups excluding carboxylic acids is 1. The summed E-state index contributed by atoms with van der Waals surface area (Å²) >= 11 is 1.69. The Kier molecular flexibility index (Phi) is 5.68. The Morgan fingerprint density at radius 3 is 2.83 bits per heavy atom. The number of aliphatic hydroxyl groups is 1. The van der Waals surface area contributed by atoms with E-state index in [0.717, 1.165) is 23.4 Å². The molecule has 1 saturated carbocycles. The second-order valence-corrected chi connectivity index (χ2v) is 7.87. The first kappa shape index (κ1) is 17.2. The molecule has 0 bridgehead atoms. The molecule has 1 fully saturated rings. The average molecular weight is 347 g/mol. The average Bonchev–Trinajstić information content (AvgIpc) is 3.24. The lowest BCUT2D eigenvalue weighted by Gasteiger charge is -2.24. The fourth-order valence-electron chi connectivity index (χ4n) is 3.47. The van der Waals surface area contributed by atoms with Crippen LogP contribution < -0.4 is 0 Å². The Morgan fingerprint density at radius 2 is 2.17 bits per heavy atom. The summed E-state index contributed by atoms with van der Waals surface area (Å²) in [6.45, 7) is 2.90. The molecule has 0 radical (unpaired) electrons. The summed E-state index contributed by atoms with van der Waals surface area (Å²) in [7, 11) is 0. The van der Waals surface area contributed by atoms with Crippen LogP contribution in [-0.4, -0.2) is 39.3 Å². The molecule has 1 aliphatic carbocycles. The zero-order valence-electron chi connectivity index (χ0n) is 14.1. The molecule has 0 unspecified atom stereocenters. The summed E-state index contributed by atoms with van der Waals surface area (Å²) in [5, 5.41) is 16.6. The molecule has 0 atom stereocenters. The summed E-state index contributed by atoms with van der Waals surface area (Å²) in [6, 6.07) is 4.11. The van der Waals surface area contributed by atoms with Crippen LogP contribution in [0.3, 0.4) is 0 Å². The zero-order valence-corrected chi connectivity index (χ0v) is 14.9. The number of aliphatic hydroxyl groups excluding tert-OH is 1. The molecular formula is C18H25N3O2S. The number of H-pyrrole nitrogens is 1. The van der Waals surface area contributed by atoms with E-state index < -0.39 is 0 Å². The van der Waals surface area contributed by atoms with Gasteiger partial charge in [0.1, 0.15) is 0 Å². The minimum atomic E-state index is -0.0376. The monoisotopic (exact) mass is 347 g/mol. The Hall–Kier alpha value is -1.66. The van der Waals surface area contributed by atoms with Crippen LogP contribution in [0.1, 0.15) is 63.8 Å². The highest BCUT2D eigenvalue weighted by Gasteiger charge is 2.26. The SMILES string of the molecule is Cc1ccc(CN(CCO)C(=O)c2cn[nH]c2C2CCCCC2)s1. The maximum atomic E-state index is 13.0. The van der Waals surface area contributed by atoms with Gasteiger partial charge in [-0.15, -0.1) is 11.3 Å². The van der Waals surface area contributed by atoms with Gasteiger partial charge in [-0.05, 0) is 31.9 Å². The third-order valence-electron chi connectivity index (χ3n) is 4.71. The van der Waals surface area contributed by atoms with Crippen molar-refractivity contribution in [1.82, 2.24) is 15.1 Å². The molecule has 1 aliphatic rings. The maximum Gasteiger partial charge on any atom is 0.257 e. The molecule has 5 nitrogen and oxygen atoms in total. The zero-order chi connectivity index (χ0) is 16.9. The van der Waals surface area contributed by atoms with E-state index in [1.54, 1.807) is 22.4 Å². The molecular weight excluding hydrogens is 322 g/mol. The highest BCUT2D eigenvalue weighted by molar-refractivity contribution is 7.11. The molecule has 1 amide bonds. The summed E-state index contributed by atoms with van der Waals surface area (Å²) in [4.78, 5) is 17.1. The van der Waals surface area contributed by atoms with Crippen molar-refractivity contribution in [1.29, 1.82) is 0 Å². The molecule has 24 heavy (non-hydrogen) atoms. The topological polar surface area (TPSA) is 69.2 Å². The number of rotatable bonds is 6. The highest BCUT2D eigenvalue weighted by atomic mass is 32.1. The number of nitrogens with zero attached hydrogens (tertiary/aromatic N) is 2. The van der Waals surface area contributed by atoms with Gasteiger partial charge < -0.3 is 10.0 Å². The van der Waals surface area contributed by atoms with Crippen LogP contribution in [0.25, 0.3) is 0 Å². The smallest absolute Gasteiger partial charge is 0.257 e. The van der Waals surface area contributed by atoms with Crippen LogP contribution in [-0.2, 0) is 6.54 Å². The van der Waals surface area contributed by atoms with Gasteiger partial charge in [-0.1, -0.05) is 19.3 Å². The van der Waals surface area contributed by atoms with E-state index in [1.807, 2.05) is 0 Å². The van der Waals surface area contributed by atoms with Crippen molar-refractivity contribution in [3.8, 4) is 0 Å². The van der Waals surface area contributed by atoms with Gasteiger partial charge in [0, 0.05) is 22.2 Å². The van der Waals surface area contributed by atoms with E-state index in [1.165, 1.54) is 24.1 Å². The first-order valence-electron chi connectivity index (χ1n) is 8.67. The van der Waals surface area contributed by atoms with Crippen LogP contribution in [0.5, 0.6) is 0 Å². The fourth-order valence-corrected chi connectivity index (χ4v) is 4.38. The molecule has 2 N–H and O–H groups in total. The molecule has 2 aromatic heterocycles. The minimum absolute atomic E-state index is 0.0350. The van der Waals surface area contributed by atoms with Gasteiger partial charge in [-0.25, -0.2) is 0 Å². The number of thiophene rings is 1. The Labute approximate surface area is 146 Å². The van der Waals surface area contributed by atoms with Crippen molar-refractivity contribution in [3.63, 3.8) is 0 Å². The van der Waals surface area contributed by atoms with E-state index in [0.29, 0.717) is 24.6 Å². The molecule has 0 aromatic carbocycles. The molecule has 130 valence electrons. The summed E-state index contributed by atoms with van der Waals surface area (Å²) in [6.07, 6.45) is 7.59. The number of amides is 1. The lowest BCUT2D eigenvalue weighted by atomic mass is 9.85. The van der Waals surface area contributed by atoms with Crippen molar-refractivity contribution in [3.05, 3.63) is 39.3 Å². The normalized spacial score (nSPS) is 15.6. The van der Waals surface area contributed by atoms with E-state index in [2.05, 4.69) is 29.3 Å².